The molecular weight excluding hydrogens is 482 g/mol. The summed E-state index contributed by atoms with van der Waals surface area (Å²) in [7, 11) is 0. The third-order valence-electron chi connectivity index (χ3n) is 6.73. The van der Waals surface area contributed by atoms with E-state index in [9.17, 15) is 4.79 Å². The number of carbonyl (C=O) groups excluding carboxylic acids is 1. The molecule has 5 bridgehead atoms. The Morgan fingerprint density at radius 1 is 1.08 bits per heavy atom. The Morgan fingerprint density at radius 3 is 2.89 bits per heavy atom. The largest absolute Gasteiger partial charge is 0.488 e. The molecule has 4 aromatic heterocycles. The molecule has 0 unspecified atom stereocenters. The number of carbonyl (C=O) groups is 1. The van der Waals surface area contributed by atoms with Gasteiger partial charge in [-0.15, -0.1) is 0 Å². The van der Waals surface area contributed by atoms with Crippen molar-refractivity contribution in [3.63, 3.8) is 0 Å². The van der Waals surface area contributed by atoms with E-state index < -0.39 is 0 Å². The number of hydrogen-bond acceptors (Lipinski definition) is 8. The number of ether oxygens (including phenoxy) is 2. The first-order valence-corrected chi connectivity index (χ1v) is 12.7. The van der Waals surface area contributed by atoms with Crippen LogP contribution in [0.3, 0.4) is 0 Å². The Kier molecular flexibility index (Phi) is 5.31. The minimum atomic E-state index is -0.192. The van der Waals surface area contributed by atoms with Gasteiger partial charge in [0.15, 0.2) is 0 Å². The maximum Gasteiger partial charge on any atom is 0.233 e. The fourth-order valence-corrected chi connectivity index (χ4v) is 4.65. The number of H-pyrrole nitrogens is 1. The lowest BCUT2D eigenvalue weighted by Gasteiger charge is -2.16. The molecule has 190 valence electrons. The number of benzene rings is 1. The van der Waals surface area contributed by atoms with E-state index in [1.165, 1.54) is 0 Å². The highest BCUT2D eigenvalue weighted by Crippen LogP contribution is 2.36. The topological polar surface area (TPSA) is 127 Å². The molecule has 1 aliphatic carbocycles. The van der Waals surface area contributed by atoms with Crippen LogP contribution in [0.15, 0.2) is 55.1 Å². The number of fused-ring (bicyclic) bond motifs is 5. The lowest BCUT2D eigenvalue weighted by atomic mass is 10.0. The van der Waals surface area contributed by atoms with Crippen molar-refractivity contribution in [3.8, 4) is 22.6 Å². The van der Waals surface area contributed by atoms with Gasteiger partial charge in [0.25, 0.3) is 0 Å². The maximum atomic E-state index is 12.4. The van der Waals surface area contributed by atoms with Gasteiger partial charge in [0.2, 0.25) is 11.9 Å². The molecule has 5 heterocycles. The summed E-state index contributed by atoms with van der Waals surface area (Å²) in [4.78, 5) is 34.0. The Hall–Kier alpha value is -4.73. The zero-order valence-electron chi connectivity index (χ0n) is 20.7. The van der Waals surface area contributed by atoms with E-state index in [0.717, 1.165) is 45.8 Å². The molecule has 3 N–H and O–H groups in total. The molecule has 0 radical (unpaired) electrons. The number of amides is 1. The SMILES string of the molecule is C[C@H]1COc2cncc(c2)CNc2nc(NC(=O)C3CC3)nc3[nH]cc(c23)-c2ccc3ncc(cc3c2)O1. The van der Waals surface area contributed by atoms with Crippen LogP contribution in [0.2, 0.25) is 0 Å². The van der Waals surface area contributed by atoms with Crippen LogP contribution in [0.1, 0.15) is 25.3 Å². The summed E-state index contributed by atoms with van der Waals surface area (Å²) in [5, 5.41) is 8.10. The van der Waals surface area contributed by atoms with E-state index >= 15 is 0 Å². The first kappa shape index (κ1) is 22.5. The van der Waals surface area contributed by atoms with E-state index in [0.29, 0.717) is 36.1 Å². The summed E-state index contributed by atoms with van der Waals surface area (Å²) < 4.78 is 12.1. The minimum Gasteiger partial charge on any atom is -0.488 e. The van der Waals surface area contributed by atoms with Gasteiger partial charge in [-0.25, -0.2) is 0 Å². The van der Waals surface area contributed by atoms with Crippen LogP contribution >= 0.6 is 0 Å². The quantitative estimate of drug-likeness (QED) is 0.314. The van der Waals surface area contributed by atoms with Crippen molar-refractivity contribution in [2.24, 2.45) is 5.92 Å². The van der Waals surface area contributed by atoms with E-state index in [2.05, 4.69) is 36.6 Å². The third-order valence-corrected chi connectivity index (χ3v) is 6.73. The third kappa shape index (κ3) is 4.34. The maximum absolute atomic E-state index is 12.4. The molecule has 1 aromatic carbocycles. The summed E-state index contributed by atoms with van der Waals surface area (Å²) in [5.74, 6) is 2.20. The molecular formula is C28H25N7O3. The van der Waals surface area contributed by atoms with Crippen LogP contribution < -0.4 is 20.1 Å². The van der Waals surface area contributed by atoms with Crippen molar-refractivity contribution in [2.75, 3.05) is 17.2 Å². The Bertz CT molecular complexity index is 1700. The second-order valence-electron chi connectivity index (χ2n) is 9.79. The van der Waals surface area contributed by atoms with Gasteiger partial charge in [0.05, 0.1) is 23.3 Å². The van der Waals surface area contributed by atoms with Crippen molar-refractivity contribution < 1.29 is 14.3 Å². The summed E-state index contributed by atoms with van der Waals surface area (Å²) in [6.07, 6.45) is 8.72. The highest BCUT2D eigenvalue weighted by Gasteiger charge is 2.30. The van der Waals surface area contributed by atoms with E-state index in [1.54, 1.807) is 18.6 Å². The molecule has 0 saturated heterocycles. The molecule has 10 heteroatoms. The lowest BCUT2D eigenvalue weighted by molar-refractivity contribution is -0.117. The fraction of sp³-hybridized carbons (Fsp3) is 0.250. The standard InChI is InChI=1S/C28H25N7O3/c1-15-14-37-20-6-16(9-29-11-20)10-31-25-24-22(18-4-5-23-19(7-18)8-21(38-15)12-30-23)13-32-26(24)34-28(33-25)35-27(36)17-2-3-17/h4-9,11-13,15,17H,2-3,10,14H2,1H3,(H3,31,32,33,34,35,36)/t15-/m0/s1. The Balaban J connectivity index is 1.37. The Morgan fingerprint density at radius 2 is 2.00 bits per heavy atom. The molecule has 1 atom stereocenters. The van der Waals surface area contributed by atoms with Gasteiger partial charge in [-0.1, -0.05) is 6.07 Å². The smallest absolute Gasteiger partial charge is 0.233 e. The van der Waals surface area contributed by atoms with Crippen molar-refractivity contribution >= 4 is 39.6 Å². The van der Waals surface area contributed by atoms with Crippen molar-refractivity contribution in [1.82, 2.24) is 24.9 Å². The molecule has 5 aromatic rings. The summed E-state index contributed by atoms with van der Waals surface area (Å²) >= 11 is 0. The molecule has 2 aliphatic rings. The molecule has 7 rings (SSSR count). The summed E-state index contributed by atoms with van der Waals surface area (Å²) in [6, 6.07) is 10.0. The summed E-state index contributed by atoms with van der Waals surface area (Å²) in [6.45, 7) is 2.77. The normalized spacial score (nSPS) is 17.0. The minimum absolute atomic E-state index is 0.0454. The average Bonchev–Trinajstić information content (AvgIpc) is 3.69. The second kappa shape index (κ2) is 8.98. The monoisotopic (exact) mass is 507 g/mol. The van der Waals surface area contributed by atoms with Gasteiger partial charge in [-0.3, -0.25) is 20.1 Å². The van der Waals surface area contributed by atoms with Crippen LogP contribution in [0, 0.1) is 5.92 Å². The van der Waals surface area contributed by atoms with E-state index in [1.807, 2.05) is 37.4 Å². The number of nitrogens with one attached hydrogen (secondary N) is 3. The predicted octanol–water partition coefficient (Wildman–Crippen LogP) is 4.69. The number of aromatic nitrogens is 5. The van der Waals surface area contributed by atoms with Crippen LogP contribution in [0.25, 0.3) is 33.1 Å². The van der Waals surface area contributed by atoms with Crippen molar-refractivity contribution in [2.45, 2.75) is 32.4 Å². The molecule has 1 saturated carbocycles. The van der Waals surface area contributed by atoms with Gasteiger partial charge >= 0.3 is 0 Å². The number of hydrogen-bond donors (Lipinski definition) is 3. The molecule has 1 fully saturated rings. The van der Waals surface area contributed by atoms with E-state index in [4.69, 9.17) is 14.5 Å². The van der Waals surface area contributed by atoms with E-state index in [-0.39, 0.29) is 23.9 Å². The van der Waals surface area contributed by atoms with Crippen LogP contribution in [0.5, 0.6) is 11.5 Å². The van der Waals surface area contributed by atoms with Gasteiger partial charge in [-0.05, 0) is 55.2 Å². The molecule has 38 heavy (non-hydrogen) atoms. The molecule has 10 nitrogen and oxygen atoms in total. The highest BCUT2D eigenvalue weighted by atomic mass is 16.5. The average molecular weight is 508 g/mol. The molecule has 1 amide bonds. The van der Waals surface area contributed by atoms with Crippen molar-refractivity contribution in [1.29, 1.82) is 0 Å². The zero-order valence-corrected chi connectivity index (χ0v) is 20.7. The second-order valence-corrected chi connectivity index (χ2v) is 9.79. The number of rotatable bonds is 2. The van der Waals surface area contributed by atoms with Gasteiger partial charge < -0.3 is 19.8 Å². The Labute approximate surface area is 217 Å². The first-order chi connectivity index (χ1) is 18.6. The molecule has 0 spiro atoms. The number of aromatic amines is 1. The van der Waals surface area contributed by atoms with Gasteiger partial charge in [-0.2, -0.15) is 9.97 Å². The van der Waals surface area contributed by atoms with Gasteiger partial charge in [0, 0.05) is 35.8 Å². The van der Waals surface area contributed by atoms with Crippen LogP contribution in [-0.2, 0) is 11.3 Å². The van der Waals surface area contributed by atoms with Crippen molar-refractivity contribution in [3.05, 3.63) is 60.7 Å². The predicted molar refractivity (Wildman–Crippen MR) is 143 cm³/mol. The van der Waals surface area contributed by atoms with Crippen LogP contribution in [0.4, 0.5) is 11.8 Å². The summed E-state index contributed by atoms with van der Waals surface area (Å²) in [5.41, 5.74) is 4.33. The lowest BCUT2D eigenvalue weighted by Crippen LogP contribution is -2.21. The van der Waals surface area contributed by atoms with Gasteiger partial charge in [0.1, 0.15) is 35.7 Å². The fourth-order valence-electron chi connectivity index (χ4n) is 4.65. The number of anilines is 2. The zero-order chi connectivity index (χ0) is 25.6. The number of nitrogens with zero attached hydrogens (tertiary/aromatic N) is 4. The number of pyridine rings is 2. The molecule has 1 aliphatic heterocycles. The van der Waals surface area contributed by atoms with Crippen LogP contribution in [-0.4, -0.2) is 43.5 Å². The highest BCUT2D eigenvalue weighted by molar-refractivity contribution is 6.03. The first-order valence-electron chi connectivity index (χ1n) is 12.7.